The van der Waals surface area contributed by atoms with Crippen LogP contribution < -0.4 is 4.90 Å². The van der Waals surface area contributed by atoms with Crippen molar-refractivity contribution in [2.45, 2.75) is 20.8 Å². The molecule has 4 rings (SSSR count). The van der Waals surface area contributed by atoms with Crippen LogP contribution in [0.15, 0.2) is 36.5 Å². The molecule has 1 aromatic heterocycles. The predicted molar refractivity (Wildman–Crippen MR) is 111 cm³/mol. The number of aromatic hydroxyl groups is 1. The lowest BCUT2D eigenvalue weighted by molar-refractivity contribution is -0.129. The normalized spacial score (nSPS) is 14.5. The quantitative estimate of drug-likeness (QED) is 0.743. The maximum absolute atomic E-state index is 11.5. The first-order valence-electron chi connectivity index (χ1n) is 9.50. The highest BCUT2D eigenvalue weighted by atomic mass is 16.3. The Bertz CT molecular complexity index is 1030. The third-order valence-corrected chi connectivity index (χ3v) is 5.40. The zero-order chi connectivity index (χ0) is 19.8. The first-order valence-corrected chi connectivity index (χ1v) is 9.50. The number of rotatable bonds is 2. The van der Waals surface area contributed by atoms with Gasteiger partial charge in [-0.05, 0) is 60.4 Å². The van der Waals surface area contributed by atoms with Crippen LogP contribution >= 0.6 is 0 Å². The van der Waals surface area contributed by atoms with Crippen molar-refractivity contribution in [3.05, 3.63) is 47.7 Å². The fourth-order valence-corrected chi connectivity index (χ4v) is 3.71. The minimum atomic E-state index is 0.119. The number of aryl methyl sites for hydroxylation is 2. The van der Waals surface area contributed by atoms with Gasteiger partial charge in [-0.1, -0.05) is 6.07 Å². The van der Waals surface area contributed by atoms with E-state index in [-0.39, 0.29) is 5.91 Å². The van der Waals surface area contributed by atoms with Crippen LogP contribution in [-0.4, -0.2) is 52.1 Å². The van der Waals surface area contributed by atoms with Gasteiger partial charge in [0, 0.05) is 33.1 Å². The SMILES string of the molecule is CC(=O)N1CCN(c2cnc3ccc(-c4cc(C)c(O)c(C)c4)cc3n2)CC1. The fraction of sp³-hybridized carbons (Fsp3) is 0.318. The molecule has 2 heterocycles. The van der Waals surface area contributed by atoms with Gasteiger partial charge in [0.1, 0.15) is 11.6 Å². The van der Waals surface area contributed by atoms with Crippen molar-refractivity contribution in [1.82, 2.24) is 14.9 Å². The lowest BCUT2D eigenvalue weighted by Crippen LogP contribution is -2.48. The molecule has 2 aromatic carbocycles. The highest BCUT2D eigenvalue weighted by molar-refractivity contribution is 5.83. The van der Waals surface area contributed by atoms with E-state index in [0.717, 1.165) is 52.2 Å². The molecule has 1 N–H and O–H groups in total. The maximum atomic E-state index is 11.5. The summed E-state index contributed by atoms with van der Waals surface area (Å²) in [6, 6.07) is 10.0. The third kappa shape index (κ3) is 3.38. The Kier molecular flexibility index (Phi) is 4.63. The minimum Gasteiger partial charge on any atom is -0.507 e. The summed E-state index contributed by atoms with van der Waals surface area (Å²) in [4.78, 5) is 25.0. The Morgan fingerprint density at radius 1 is 0.964 bits per heavy atom. The topological polar surface area (TPSA) is 69.6 Å². The molecule has 0 spiro atoms. The summed E-state index contributed by atoms with van der Waals surface area (Å²) < 4.78 is 0. The van der Waals surface area contributed by atoms with Crippen molar-refractivity contribution in [2.75, 3.05) is 31.1 Å². The van der Waals surface area contributed by atoms with Crippen LogP contribution in [0.5, 0.6) is 5.75 Å². The Balaban J connectivity index is 1.65. The van der Waals surface area contributed by atoms with Crippen LogP contribution in [0, 0.1) is 13.8 Å². The van der Waals surface area contributed by atoms with Gasteiger partial charge in [-0.15, -0.1) is 0 Å². The van der Waals surface area contributed by atoms with Crippen LogP contribution in [0.3, 0.4) is 0 Å². The number of hydrogen-bond acceptors (Lipinski definition) is 5. The number of carbonyl (C=O) groups excluding carboxylic acids is 1. The number of carbonyl (C=O) groups is 1. The number of phenolic OH excluding ortho intramolecular Hbond substituents is 1. The number of benzene rings is 2. The first-order chi connectivity index (χ1) is 13.4. The van der Waals surface area contributed by atoms with Gasteiger partial charge in [-0.25, -0.2) is 4.98 Å². The summed E-state index contributed by atoms with van der Waals surface area (Å²) >= 11 is 0. The van der Waals surface area contributed by atoms with E-state index in [1.165, 1.54) is 0 Å². The van der Waals surface area contributed by atoms with Crippen molar-refractivity contribution >= 4 is 22.8 Å². The monoisotopic (exact) mass is 376 g/mol. The van der Waals surface area contributed by atoms with E-state index in [0.29, 0.717) is 18.8 Å². The maximum Gasteiger partial charge on any atom is 0.219 e. The number of aromatic nitrogens is 2. The summed E-state index contributed by atoms with van der Waals surface area (Å²) in [5, 5.41) is 10.0. The molecule has 0 bridgehead atoms. The molecular formula is C22H24N4O2. The molecule has 1 aliphatic heterocycles. The van der Waals surface area contributed by atoms with Crippen molar-refractivity contribution in [2.24, 2.45) is 0 Å². The molecule has 3 aromatic rings. The molecule has 0 radical (unpaired) electrons. The van der Waals surface area contributed by atoms with Gasteiger partial charge in [-0.3, -0.25) is 9.78 Å². The highest BCUT2D eigenvalue weighted by Crippen LogP contribution is 2.30. The van der Waals surface area contributed by atoms with Crippen molar-refractivity contribution in [1.29, 1.82) is 0 Å². The predicted octanol–water partition coefficient (Wildman–Crippen LogP) is 3.29. The Morgan fingerprint density at radius 3 is 2.29 bits per heavy atom. The molecular weight excluding hydrogens is 352 g/mol. The third-order valence-electron chi connectivity index (χ3n) is 5.40. The van der Waals surface area contributed by atoms with Gasteiger partial charge in [-0.2, -0.15) is 0 Å². The van der Waals surface area contributed by atoms with Crippen LogP contribution in [0.25, 0.3) is 22.2 Å². The van der Waals surface area contributed by atoms with E-state index in [9.17, 15) is 9.90 Å². The molecule has 0 saturated carbocycles. The smallest absolute Gasteiger partial charge is 0.219 e. The van der Waals surface area contributed by atoms with Gasteiger partial charge in [0.15, 0.2) is 0 Å². The van der Waals surface area contributed by atoms with Gasteiger partial charge in [0.25, 0.3) is 0 Å². The second-order valence-corrected chi connectivity index (χ2v) is 7.38. The van der Waals surface area contributed by atoms with Gasteiger partial charge >= 0.3 is 0 Å². The summed E-state index contributed by atoms with van der Waals surface area (Å²) in [6.45, 7) is 8.37. The molecule has 144 valence electrons. The number of phenols is 1. The summed E-state index contributed by atoms with van der Waals surface area (Å²) in [7, 11) is 0. The molecule has 6 heteroatoms. The summed E-state index contributed by atoms with van der Waals surface area (Å²) in [6.07, 6.45) is 1.81. The largest absolute Gasteiger partial charge is 0.507 e. The molecule has 1 amide bonds. The number of hydrogen-bond donors (Lipinski definition) is 1. The molecule has 1 fully saturated rings. The highest BCUT2D eigenvalue weighted by Gasteiger charge is 2.20. The summed E-state index contributed by atoms with van der Waals surface area (Å²) in [5.41, 5.74) is 5.51. The first kappa shape index (κ1) is 18.2. The van der Waals surface area contributed by atoms with E-state index in [1.54, 1.807) is 13.1 Å². The van der Waals surface area contributed by atoms with E-state index < -0.39 is 0 Å². The molecule has 6 nitrogen and oxygen atoms in total. The Morgan fingerprint density at radius 2 is 1.64 bits per heavy atom. The van der Waals surface area contributed by atoms with Crippen molar-refractivity contribution in [3.63, 3.8) is 0 Å². The minimum absolute atomic E-state index is 0.119. The van der Waals surface area contributed by atoms with Crippen LogP contribution in [0.4, 0.5) is 5.82 Å². The van der Waals surface area contributed by atoms with E-state index in [2.05, 4.69) is 9.88 Å². The van der Waals surface area contributed by atoms with Gasteiger partial charge in [0.05, 0.1) is 17.2 Å². The second-order valence-electron chi connectivity index (χ2n) is 7.38. The fourth-order valence-electron chi connectivity index (χ4n) is 3.71. The number of nitrogens with zero attached hydrogens (tertiary/aromatic N) is 4. The molecule has 0 atom stereocenters. The molecule has 1 aliphatic rings. The second kappa shape index (κ2) is 7.11. The number of fused-ring (bicyclic) bond motifs is 1. The van der Waals surface area contributed by atoms with E-state index >= 15 is 0 Å². The van der Waals surface area contributed by atoms with Crippen LogP contribution in [0.2, 0.25) is 0 Å². The van der Waals surface area contributed by atoms with E-state index in [4.69, 9.17) is 4.98 Å². The molecule has 0 aliphatic carbocycles. The average molecular weight is 376 g/mol. The van der Waals surface area contributed by atoms with Crippen LogP contribution in [-0.2, 0) is 4.79 Å². The Hall–Kier alpha value is -3.15. The van der Waals surface area contributed by atoms with Crippen LogP contribution in [0.1, 0.15) is 18.1 Å². The summed E-state index contributed by atoms with van der Waals surface area (Å²) in [5.74, 6) is 1.30. The van der Waals surface area contributed by atoms with E-state index in [1.807, 2.05) is 49.1 Å². The molecule has 1 saturated heterocycles. The standard InChI is InChI=1S/C22H24N4O2/c1-14-10-18(11-15(2)22(14)28)17-4-5-19-20(12-17)24-21(13-23-19)26-8-6-25(7-9-26)16(3)27/h4-5,10-13,28H,6-9H2,1-3H3. The number of anilines is 1. The zero-order valence-corrected chi connectivity index (χ0v) is 16.4. The Labute approximate surface area is 164 Å². The lowest BCUT2D eigenvalue weighted by atomic mass is 9.99. The van der Waals surface area contributed by atoms with Gasteiger partial charge < -0.3 is 14.9 Å². The lowest BCUT2D eigenvalue weighted by Gasteiger charge is -2.34. The van der Waals surface area contributed by atoms with Gasteiger partial charge in [0.2, 0.25) is 5.91 Å². The molecule has 28 heavy (non-hydrogen) atoms. The zero-order valence-electron chi connectivity index (χ0n) is 16.4. The molecule has 0 unspecified atom stereocenters. The number of piperazine rings is 1. The number of amides is 1. The average Bonchev–Trinajstić information content (AvgIpc) is 2.71. The van der Waals surface area contributed by atoms with Crippen molar-refractivity contribution in [3.8, 4) is 16.9 Å². The van der Waals surface area contributed by atoms with Crippen molar-refractivity contribution < 1.29 is 9.90 Å².